The Labute approximate surface area is 494 Å². The summed E-state index contributed by atoms with van der Waals surface area (Å²) in [5, 5.41) is 23.0. The Morgan fingerprint density at radius 2 is 1.36 bits per heavy atom. The molecule has 1 atom stereocenters. The number of aldehydes is 1. The van der Waals surface area contributed by atoms with E-state index in [1.165, 1.54) is 62.9 Å². The van der Waals surface area contributed by atoms with Crippen LogP contribution in [0.2, 0.25) is 13.6 Å². The fourth-order valence-corrected chi connectivity index (χ4v) is 8.11. The number of carboxylic acid groups (broad SMARTS) is 1. The normalized spacial score (nSPS) is 14.4. The maximum atomic E-state index is 13.8. The number of carbonyl (C=O) groups is 4. The van der Waals surface area contributed by atoms with E-state index >= 15 is 0 Å². The van der Waals surface area contributed by atoms with Gasteiger partial charge in [0.1, 0.15) is 12.3 Å². The molecule has 433 valence electrons. The molecule has 4 aliphatic rings. The Kier molecular flexibility index (Phi) is 35.5. The van der Waals surface area contributed by atoms with Crippen LogP contribution in [0.5, 0.6) is 23.0 Å². The molecule has 19 nitrogen and oxygen atoms in total. The van der Waals surface area contributed by atoms with Gasteiger partial charge in [0.05, 0.1) is 0 Å². The molecule has 2 saturated heterocycles. The second-order valence-corrected chi connectivity index (χ2v) is 17.8. The summed E-state index contributed by atoms with van der Waals surface area (Å²) in [6.07, 6.45) is 4.06. The van der Waals surface area contributed by atoms with Gasteiger partial charge in [-0.1, -0.05) is 6.07 Å². The van der Waals surface area contributed by atoms with E-state index in [0.717, 1.165) is 37.9 Å². The van der Waals surface area contributed by atoms with Gasteiger partial charge in [-0.05, 0) is 168 Å². The molecule has 2 fully saturated rings. The third-order valence-electron chi connectivity index (χ3n) is 12.3. The number of fused-ring (bicyclic) bond motifs is 2. The van der Waals surface area contributed by atoms with Crippen LogP contribution in [0, 0.1) is 18.4 Å². The number of piperidine rings is 2. The third kappa shape index (κ3) is 27.5. The average Bonchev–Trinajstić information content (AvgIpc) is 4.29. The summed E-state index contributed by atoms with van der Waals surface area (Å²) < 4.78 is 103. The summed E-state index contributed by atoms with van der Waals surface area (Å²) in [6, 6.07) is 15.5. The number of nitrogens with one attached hydrogen (secondary N) is 2. The summed E-state index contributed by atoms with van der Waals surface area (Å²) in [4.78, 5) is 59.0. The Morgan fingerprint density at radius 3 is 1.84 bits per heavy atom. The minimum Gasteiger partial charge on any atom is -1.00 e. The van der Waals surface area contributed by atoms with Gasteiger partial charge in [-0.15, -0.1) is 0 Å². The predicted octanol–water partition coefficient (Wildman–Crippen LogP) is 3.37. The fourth-order valence-electron chi connectivity index (χ4n) is 8.11. The van der Waals surface area contributed by atoms with Crippen molar-refractivity contribution in [2.45, 2.75) is 83.4 Å². The molecule has 4 aromatic rings. The van der Waals surface area contributed by atoms with Crippen LogP contribution in [0.3, 0.4) is 0 Å². The molecular formula is C52H67B3F6N8NaO11. The van der Waals surface area contributed by atoms with Crippen LogP contribution in [-0.2, 0) is 31.9 Å². The summed E-state index contributed by atoms with van der Waals surface area (Å²) in [7, 11) is 0.153. The van der Waals surface area contributed by atoms with Gasteiger partial charge in [0.15, 0.2) is 23.0 Å². The van der Waals surface area contributed by atoms with Crippen molar-refractivity contribution in [1.82, 2.24) is 30.3 Å². The monoisotopic (exact) mass is 1150 g/mol. The van der Waals surface area contributed by atoms with Gasteiger partial charge < -0.3 is 61.4 Å². The topological polar surface area (TPSA) is 249 Å². The van der Waals surface area contributed by atoms with Crippen molar-refractivity contribution in [2.75, 3.05) is 65.9 Å². The Balaban J connectivity index is 0.00000123. The molecule has 2 aromatic heterocycles. The second-order valence-electron chi connectivity index (χ2n) is 17.8. The van der Waals surface area contributed by atoms with Gasteiger partial charge in [0, 0.05) is 58.3 Å². The fraction of sp³-hybridized carbons (Fsp3) is 0.481. The first-order chi connectivity index (χ1) is 37.7. The number of hydrogen-bond acceptors (Lipinski definition) is 15. The number of aliphatic carboxylic acids is 1. The van der Waals surface area contributed by atoms with Crippen LogP contribution >= 0.6 is 0 Å². The maximum absolute atomic E-state index is 13.8. The van der Waals surface area contributed by atoms with E-state index < -0.39 is 43.2 Å². The van der Waals surface area contributed by atoms with Crippen LogP contribution in [0.25, 0.3) is 4.85 Å². The van der Waals surface area contributed by atoms with Crippen molar-refractivity contribution in [3.63, 3.8) is 0 Å². The number of carbonyl (C=O) groups excluding carboxylic acids is 3. The summed E-state index contributed by atoms with van der Waals surface area (Å²) in [5.74, 6) is -2.52. The van der Waals surface area contributed by atoms with E-state index in [-0.39, 0.29) is 77.6 Å². The number of hydrogen-bond donors (Lipinski definition) is 5. The number of pyridine rings is 2. The van der Waals surface area contributed by atoms with Crippen LogP contribution in [0.15, 0.2) is 85.5 Å². The number of benzene rings is 2. The van der Waals surface area contributed by atoms with Gasteiger partial charge >= 0.3 is 79.5 Å². The molecule has 0 aliphatic carbocycles. The molecule has 2 aromatic carbocycles. The molecule has 1 unspecified atom stereocenters. The second kappa shape index (κ2) is 39.4. The van der Waals surface area contributed by atoms with Crippen LogP contribution in [0.1, 0.15) is 73.0 Å². The summed E-state index contributed by atoms with van der Waals surface area (Å²) in [6.45, 7) is 14.8. The number of nitrogens with two attached hydrogens (primary N) is 1. The zero-order valence-corrected chi connectivity index (χ0v) is 47.5. The molecule has 29 heteroatoms. The zero-order valence-electron chi connectivity index (χ0n) is 46.5. The molecule has 2 amide bonds. The number of aromatic nitrogens is 2. The molecule has 0 spiro atoms. The van der Waals surface area contributed by atoms with Gasteiger partial charge in [0.2, 0.25) is 26.0 Å². The SMILES string of the molecule is CB(O)N1CCC(CCN(C(=O)C(F)(F)F)C(C(=O)NCCc2ccncc2)c2ccc3c(c2)OCO3)CC1.CB=O.NCCC1CCNCC1.O=C(O)C(F)(F)F.O=Cc1ccc2c(c1)OCO2.[B].[C-]#[N+]CCc1ccncc1.[H-].[Na+]. The maximum Gasteiger partial charge on any atom is 1.00 e. The van der Waals surface area contributed by atoms with E-state index in [2.05, 4.69) is 25.4 Å². The van der Waals surface area contributed by atoms with Crippen molar-refractivity contribution in [1.29, 1.82) is 0 Å². The van der Waals surface area contributed by atoms with Crippen molar-refractivity contribution >= 4 is 46.7 Å². The minimum atomic E-state index is -5.17. The third-order valence-corrected chi connectivity index (χ3v) is 12.3. The van der Waals surface area contributed by atoms with Crippen molar-refractivity contribution < 1.29 is 110 Å². The van der Waals surface area contributed by atoms with E-state index in [9.17, 15) is 45.8 Å². The first kappa shape index (κ1) is 72.9. The molecule has 0 saturated carbocycles. The van der Waals surface area contributed by atoms with Gasteiger partial charge in [0.25, 0.3) is 0 Å². The molecular weight excluding hydrogens is 1080 g/mol. The van der Waals surface area contributed by atoms with E-state index in [1.807, 2.05) is 16.9 Å². The smallest absolute Gasteiger partial charge is 1.00 e. The average molecular weight is 1150 g/mol. The molecule has 0 bridgehead atoms. The number of rotatable bonds is 15. The predicted molar refractivity (Wildman–Crippen MR) is 286 cm³/mol. The van der Waals surface area contributed by atoms with Crippen LogP contribution < -0.4 is 64.9 Å². The van der Waals surface area contributed by atoms with Crippen molar-refractivity contribution in [3.8, 4) is 23.0 Å². The molecule has 4 aliphatic heterocycles. The number of carboxylic acids is 1. The molecule has 3 radical (unpaired) electrons. The number of ether oxygens (including phenoxy) is 4. The molecule has 6 N–H and O–H groups in total. The van der Waals surface area contributed by atoms with Gasteiger partial charge in [-0.3, -0.25) is 24.4 Å². The van der Waals surface area contributed by atoms with Crippen molar-refractivity contribution in [3.05, 3.63) is 119 Å². The number of amides is 2. The molecule has 6 heterocycles. The first-order valence-corrected chi connectivity index (χ1v) is 25.3. The van der Waals surface area contributed by atoms with Gasteiger partial charge in [-0.25, -0.2) is 11.4 Å². The minimum absolute atomic E-state index is 0. The number of nitrogens with zero attached hydrogens (tertiary/aromatic N) is 5. The summed E-state index contributed by atoms with van der Waals surface area (Å²) in [5.41, 5.74) is 8.33. The zero-order chi connectivity index (χ0) is 58.2. The first-order valence-electron chi connectivity index (χ1n) is 25.3. The molecule has 8 rings (SSSR count). The summed E-state index contributed by atoms with van der Waals surface area (Å²) >= 11 is 0. The van der Waals surface area contributed by atoms with Crippen LogP contribution in [-0.4, -0.2) is 155 Å². The largest absolute Gasteiger partial charge is 1.00 e. The number of alkyl halides is 6. The Hall–Kier alpha value is -6.08. The number of halogens is 6. The van der Waals surface area contributed by atoms with E-state index in [0.29, 0.717) is 78.8 Å². The van der Waals surface area contributed by atoms with Crippen LogP contribution in [0.4, 0.5) is 26.3 Å². The Morgan fingerprint density at radius 1 is 0.864 bits per heavy atom. The van der Waals surface area contributed by atoms with E-state index in [4.69, 9.17) is 45.9 Å². The standard InChI is InChI=1S/C26H32BF3N4O5.C8H8N2.C8H6O3.C7H16N2.C2HF3O2.CH3BO.B.Na.H/c1-27(37)33-13-7-19(8-14-33)9-15-34(25(36)26(28,29)30)23(20-2-3-21-22(16-20)39-17-38-21)24(35)32-12-6-18-4-10-31-11-5-18;1-9-5-2-8-3-6-10-7-4-8;9-4-6-1-2-7-8(3-6)11-5-10-7;8-4-1-7-2-5-9-6-3-7;3-2(4,5)1(6)7;1-2-3;;;/h2-5,10-11,16,19,23,37H,6-9,12-15,17H2,1H3,(H,32,35);3-4,6-7H,2,5H2;1-4H,5H2;7,9H,1-6,8H2;(H,6,7);1H3;;;/q;;;;;;;+1;-1. The van der Waals surface area contributed by atoms with Crippen molar-refractivity contribution in [2.24, 2.45) is 17.6 Å². The Bertz CT molecular complexity index is 2520. The van der Waals surface area contributed by atoms with Gasteiger partial charge in [-0.2, -0.15) is 26.3 Å². The quantitative estimate of drug-likeness (QED) is 0.0496. The van der Waals surface area contributed by atoms with E-state index in [1.54, 1.807) is 61.9 Å². The molecule has 81 heavy (non-hydrogen) atoms.